The van der Waals surface area contributed by atoms with Crippen LogP contribution in [-0.2, 0) is 12.8 Å². The van der Waals surface area contributed by atoms with Crippen molar-refractivity contribution in [2.75, 3.05) is 0 Å². The summed E-state index contributed by atoms with van der Waals surface area (Å²) in [5.41, 5.74) is 41.8. The van der Waals surface area contributed by atoms with Crippen LogP contribution >= 0.6 is 0 Å². The Morgan fingerprint density at radius 1 is 0.267 bits per heavy atom. The molecule has 2 heteroatoms. The molecule has 0 amide bonds. The molecule has 0 spiro atoms. The van der Waals surface area contributed by atoms with Crippen molar-refractivity contribution in [1.82, 2.24) is 4.90 Å². The Hall–Kier alpha value is -8.33. The van der Waals surface area contributed by atoms with Gasteiger partial charge in [0.05, 0.1) is 0 Å². The van der Waals surface area contributed by atoms with Gasteiger partial charge in [-0.25, -0.2) is 9.48 Å². The van der Waals surface area contributed by atoms with Crippen LogP contribution in [0.15, 0.2) is 182 Å². The highest BCUT2D eigenvalue weighted by Gasteiger charge is 2.54. The van der Waals surface area contributed by atoms with Gasteiger partial charge in [0.15, 0.2) is 12.1 Å². The lowest BCUT2D eigenvalue weighted by Crippen LogP contribution is -2.37. The monoisotopic (exact) mass is 1390 g/mol. The predicted octanol–water partition coefficient (Wildman–Crippen LogP) is 29.9. The molecule has 544 valence electrons. The molecule has 0 saturated heterocycles. The molecule has 105 heavy (non-hydrogen) atoms. The molecule has 10 aromatic rings. The van der Waals surface area contributed by atoms with E-state index in [9.17, 15) is 0 Å². The molecular weight excluding hydrogens is 1270 g/mol. The third-order valence-electron chi connectivity index (χ3n) is 24.3. The number of nitrogens with zero attached hydrogens (tertiary/aromatic N) is 2. The smallest absolute Gasteiger partial charge is 0.236 e. The van der Waals surface area contributed by atoms with Gasteiger partial charge in [-0.2, -0.15) is 0 Å². The first-order valence-electron chi connectivity index (χ1n) is 40.8. The van der Waals surface area contributed by atoms with Crippen LogP contribution < -0.4 is 0 Å². The van der Waals surface area contributed by atoms with Gasteiger partial charge in [0.2, 0.25) is 6.34 Å². The van der Waals surface area contributed by atoms with Crippen molar-refractivity contribution in [3.8, 4) is 66.8 Å². The minimum absolute atomic E-state index is 0.130. The summed E-state index contributed by atoms with van der Waals surface area (Å²) in [6.45, 7) is 57.1. The standard InChI is InChI=1S/C103H123N2/c1-58(2)76-47-88(62(9)10)98(89(48-76)63(11)12)82-41-80(42-83(45-82)99-90(64(13)14)49-77(59(3)4)50-91(99)65(15)16)70-33-37-72(38-34-70)96-55-74-29-25-27-31-86(74)102-103-87-32-28-26-30-75(87)56-97(105(103)57-104(96)102)73-39-35-71(36-40-73)81-43-84(100-92(66(17)18)51-78(60(5)6)52-93(100)67(19)20)46-85(44-81)101-94(68(21)22)53-79(61(7)8)54-95(101)69(23)24/h25-54,57-69,96-97,102-103H,55-56H2,1-24H3/q+1/t96-,97-,102-,103-/m1/s1. The van der Waals surface area contributed by atoms with E-state index in [1.165, 1.54) is 167 Å². The van der Waals surface area contributed by atoms with Gasteiger partial charge in [-0.3, -0.25) is 0 Å². The van der Waals surface area contributed by atoms with Crippen molar-refractivity contribution in [2.45, 2.75) is 274 Å². The van der Waals surface area contributed by atoms with Crippen LogP contribution in [0.2, 0.25) is 0 Å². The zero-order chi connectivity index (χ0) is 75.0. The van der Waals surface area contributed by atoms with Gasteiger partial charge in [0.25, 0.3) is 0 Å². The lowest BCUT2D eigenvalue weighted by Gasteiger charge is -2.37. The van der Waals surface area contributed by atoms with E-state index in [4.69, 9.17) is 0 Å². The van der Waals surface area contributed by atoms with Crippen molar-refractivity contribution in [3.05, 3.63) is 282 Å². The summed E-state index contributed by atoms with van der Waals surface area (Å²) in [6.07, 6.45) is 4.46. The first kappa shape index (κ1) is 74.9. The zero-order valence-corrected chi connectivity index (χ0v) is 68.4. The van der Waals surface area contributed by atoms with E-state index in [0.29, 0.717) is 71.0 Å². The fraction of sp³-hybridized carbons (Fsp3) is 0.408. The second-order valence-corrected chi connectivity index (χ2v) is 35.7. The second kappa shape index (κ2) is 30.1. The van der Waals surface area contributed by atoms with Crippen LogP contribution in [0.5, 0.6) is 0 Å². The summed E-state index contributed by atoms with van der Waals surface area (Å²) in [5.74, 6) is 4.62. The van der Waals surface area contributed by atoms with Gasteiger partial charge in [-0.05, 0) is 263 Å². The highest BCUT2D eigenvalue weighted by molar-refractivity contribution is 5.88. The van der Waals surface area contributed by atoms with E-state index in [0.717, 1.165) is 12.8 Å². The van der Waals surface area contributed by atoms with Crippen molar-refractivity contribution in [3.63, 3.8) is 0 Å². The van der Waals surface area contributed by atoms with Crippen molar-refractivity contribution >= 4 is 6.34 Å². The number of fused-ring (bicyclic) bond motifs is 7. The van der Waals surface area contributed by atoms with Crippen molar-refractivity contribution in [1.29, 1.82) is 0 Å². The first-order chi connectivity index (χ1) is 50.0. The van der Waals surface area contributed by atoms with Gasteiger partial charge >= 0.3 is 0 Å². The number of benzene rings is 10. The van der Waals surface area contributed by atoms with Gasteiger partial charge in [-0.15, -0.1) is 0 Å². The van der Waals surface area contributed by atoms with E-state index >= 15 is 0 Å². The Kier molecular flexibility index (Phi) is 21.5. The Morgan fingerprint density at radius 3 is 0.848 bits per heavy atom. The molecule has 0 radical (unpaired) electrons. The predicted molar refractivity (Wildman–Crippen MR) is 454 cm³/mol. The SMILES string of the molecule is CC(C)c1cc(C(C)C)c(-c2cc(-c3ccc([C@H]4Cc5ccccc5[C@@H]5[C@H]6c7ccccc7C[C@H](c7ccc(-c8cc(-c9c(C(C)C)cc(C(C)C)cc9C(C)C)cc(-c9c(C(C)C)cc(C(C)C)cc9C(C)C)c8)cc7)[N+]6=CN45)cc3)cc(-c3c(C(C)C)cc(C(C)C)cc3C(C)C)c2)c(C(C)C)c1. The fourth-order valence-electron chi connectivity index (χ4n) is 18.2. The molecule has 0 unspecified atom stereocenters. The molecule has 4 atom stereocenters. The molecule has 0 fully saturated rings. The molecule has 13 rings (SSSR count). The Labute approximate surface area is 634 Å². The third kappa shape index (κ3) is 14.4. The number of rotatable bonds is 20. The average Bonchev–Trinajstić information content (AvgIpc) is 1.59. The molecule has 0 saturated carbocycles. The number of hydrogen-bond acceptors (Lipinski definition) is 1. The topological polar surface area (TPSA) is 6.25 Å². The average molecular weight is 1390 g/mol. The van der Waals surface area contributed by atoms with Crippen LogP contribution in [-0.4, -0.2) is 15.8 Å². The fourth-order valence-corrected chi connectivity index (χ4v) is 18.2. The summed E-state index contributed by atoms with van der Waals surface area (Å²) in [5, 5.41) is 0. The largest absolute Gasteiger partial charge is 0.249 e. The highest BCUT2D eigenvalue weighted by Crippen LogP contribution is 2.56. The van der Waals surface area contributed by atoms with Crippen LogP contribution in [0.25, 0.3) is 66.8 Å². The lowest BCUT2D eigenvalue weighted by atomic mass is 9.78. The quantitative estimate of drug-likeness (QED) is 0.0690. The van der Waals surface area contributed by atoms with Crippen molar-refractivity contribution in [2.24, 2.45) is 0 Å². The normalized spacial score (nSPS) is 16.6. The third-order valence-corrected chi connectivity index (χ3v) is 24.3. The maximum absolute atomic E-state index is 2.79. The lowest BCUT2D eigenvalue weighted by molar-refractivity contribution is -0.609. The second-order valence-electron chi connectivity index (χ2n) is 35.7. The summed E-state index contributed by atoms with van der Waals surface area (Å²) < 4.78 is 2.79. The molecule has 3 aliphatic rings. The summed E-state index contributed by atoms with van der Waals surface area (Å²) in [6, 6.07) is 74.7. The summed E-state index contributed by atoms with van der Waals surface area (Å²) >= 11 is 0. The van der Waals surface area contributed by atoms with Crippen LogP contribution in [0.3, 0.4) is 0 Å². The van der Waals surface area contributed by atoms with Gasteiger partial charge in [0, 0.05) is 24.0 Å². The van der Waals surface area contributed by atoms with E-state index in [1.54, 1.807) is 0 Å². The molecule has 0 bridgehead atoms. The van der Waals surface area contributed by atoms with E-state index in [2.05, 4.69) is 364 Å². The number of hydrogen-bond donors (Lipinski definition) is 0. The molecule has 3 heterocycles. The molecular formula is C103H123N2+. The molecule has 2 nitrogen and oxygen atoms in total. The molecule has 0 N–H and O–H groups in total. The minimum atomic E-state index is 0.130. The summed E-state index contributed by atoms with van der Waals surface area (Å²) in [4.78, 5) is 2.79. The minimum Gasteiger partial charge on any atom is -0.249 e. The summed E-state index contributed by atoms with van der Waals surface area (Å²) in [7, 11) is 0. The Balaban J connectivity index is 0.937. The Bertz CT molecular complexity index is 4570. The van der Waals surface area contributed by atoms with Gasteiger partial charge < -0.3 is 0 Å². The van der Waals surface area contributed by atoms with Crippen LogP contribution in [0.4, 0.5) is 0 Å². The maximum Gasteiger partial charge on any atom is 0.236 e. The molecule has 10 aromatic carbocycles. The van der Waals surface area contributed by atoms with E-state index in [1.807, 2.05) is 0 Å². The van der Waals surface area contributed by atoms with Gasteiger partial charge in [0.1, 0.15) is 12.1 Å². The van der Waals surface area contributed by atoms with E-state index in [-0.39, 0.29) is 24.2 Å². The van der Waals surface area contributed by atoms with Gasteiger partial charge in [-0.1, -0.05) is 312 Å². The van der Waals surface area contributed by atoms with E-state index < -0.39 is 0 Å². The van der Waals surface area contributed by atoms with Crippen molar-refractivity contribution < 1.29 is 4.58 Å². The molecule has 0 aromatic heterocycles. The zero-order valence-electron chi connectivity index (χ0n) is 68.4. The van der Waals surface area contributed by atoms with Crippen LogP contribution in [0, 0.1) is 0 Å². The maximum atomic E-state index is 2.79. The first-order valence-corrected chi connectivity index (χ1v) is 40.8. The van der Waals surface area contributed by atoms with Crippen LogP contribution in [0.1, 0.15) is 361 Å². The molecule has 0 aliphatic carbocycles. The highest BCUT2D eigenvalue weighted by atomic mass is 15.4. The Morgan fingerprint density at radius 2 is 0.543 bits per heavy atom. The molecule has 3 aliphatic heterocycles.